The molecule has 0 radical (unpaired) electrons. The second-order valence-electron chi connectivity index (χ2n) is 5.50. The molecule has 0 bridgehead atoms. The third-order valence-corrected chi connectivity index (χ3v) is 5.46. The summed E-state index contributed by atoms with van der Waals surface area (Å²) in [4.78, 5) is 0.364. The van der Waals surface area contributed by atoms with Crippen molar-refractivity contribution in [2.24, 2.45) is 7.05 Å². The van der Waals surface area contributed by atoms with E-state index >= 15 is 0 Å². The van der Waals surface area contributed by atoms with Crippen LogP contribution < -0.4 is 4.72 Å². The molecule has 6 heteroatoms. The predicted octanol–water partition coefficient (Wildman–Crippen LogP) is 2.76. The number of nitrogens with zero attached hydrogens (tertiary/aromatic N) is 2. The SMILES string of the molecule is Cc1cc(C)c(C)c(S(=O)(=O)Nc2cn(C)nc2C)c1C. The predicted molar refractivity (Wildman–Crippen MR) is 84.1 cm³/mol. The summed E-state index contributed by atoms with van der Waals surface area (Å²) in [6.07, 6.45) is 1.67. The minimum absolute atomic E-state index is 0.364. The number of aromatic nitrogens is 2. The molecule has 0 atom stereocenters. The summed E-state index contributed by atoms with van der Waals surface area (Å²) in [6.45, 7) is 9.31. The lowest BCUT2D eigenvalue weighted by Crippen LogP contribution is -2.17. The molecule has 2 rings (SSSR count). The van der Waals surface area contributed by atoms with E-state index in [0.717, 1.165) is 22.3 Å². The molecule has 1 N–H and O–H groups in total. The molecule has 0 saturated carbocycles. The first kappa shape index (κ1) is 15.6. The highest BCUT2D eigenvalue weighted by molar-refractivity contribution is 7.92. The van der Waals surface area contributed by atoms with Crippen LogP contribution in [0, 0.1) is 34.6 Å². The van der Waals surface area contributed by atoms with E-state index in [4.69, 9.17) is 0 Å². The van der Waals surface area contributed by atoms with E-state index in [1.54, 1.807) is 24.9 Å². The Labute approximate surface area is 126 Å². The Bertz CT molecular complexity index is 779. The van der Waals surface area contributed by atoms with Gasteiger partial charge in [-0.2, -0.15) is 5.10 Å². The van der Waals surface area contributed by atoms with Gasteiger partial charge in [0.2, 0.25) is 0 Å². The van der Waals surface area contributed by atoms with Gasteiger partial charge in [-0.25, -0.2) is 8.42 Å². The molecule has 21 heavy (non-hydrogen) atoms. The van der Waals surface area contributed by atoms with E-state index in [-0.39, 0.29) is 0 Å². The van der Waals surface area contributed by atoms with Gasteiger partial charge in [0.25, 0.3) is 10.0 Å². The van der Waals surface area contributed by atoms with Crippen molar-refractivity contribution in [1.29, 1.82) is 0 Å². The summed E-state index contributed by atoms with van der Waals surface area (Å²) in [5.41, 5.74) is 4.68. The molecule has 1 heterocycles. The van der Waals surface area contributed by atoms with Crippen LogP contribution >= 0.6 is 0 Å². The Balaban J connectivity index is 2.58. The third-order valence-electron chi connectivity index (χ3n) is 3.82. The lowest BCUT2D eigenvalue weighted by Gasteiger charge is -2.16. The highest BCUT2D eigenvalue weighted by atomic mass is 32.2. The van der Waals surface area contributed by atoms with Gasteiger partial charge in [-0.3, -0.25) is 9.40 Å². The monoisotopic (exact) mass is 307 g/mol. The fourth-order valence-corrected chi connectivity index (χ4v) is 4.20. The number of sulfonamides is 1. The van der Waals surface area contributed by atoms with Gasteiger partial charge >= 0.3 is 0 Å². The maximum absolute atomic E-state index is 12.8. The Hall–Kier alpha value is -1.82. The van der Waals surface area contributed by atoms with Crippen LogP contribution in [0.4, 0.5) is 5.69 Å². The molecule has 0 aliphatic rings. The minimum atomic E-state index is -3.63. The molecule has 1 aromatic heterocycles. The summed E-state index contributed by atoms with van der Waals surface area (Å²) in [6, 6.07) is 2.01. The zero-order valence-electron chi connectivity index (χ0n) is 13.3. The molecule has 0 spiro atoms. The number of nitrogens with one attached hydrogen (secondary N) is 1. The van der Waals surface area contributed by atoms with Crippen molar-refractivity contribution in [2.75, 3.05) is 4.72 Å². The molecule has 0 aliphatic heterocycles. The zero-order chi connectivity index (χ0) is 15.9. The molecule has 0 unspecified atom stereocenters. The molecule has 0 fully saturated rings. The largest absolute Gasteiger partial charge is 0.276 e. The smallest absolute Gasteiger partial charge is 0.262 e. The van der Waals surface area contributed by atoms with E-state index in [9.17, 15) is 8.42 Å². The normalized spacial score (nSPS) is 11.7. The van der Waals surface area contributed by atoms with Crippen molar-refractivity contribution in [3.63, 3.8) is 0 Å². The Kier molecular flexibility index (Phi) is 3.84. The first-order chi connectivity index (χ1) is 9.63. The van der Waals surface area contributed by atoms with Crippen molar-refractivity contribution in [3.8, 4) is 0 Å². The van der Waals surface area contributed by atoms with Gasteiger partial charge in [-0.1, -0.05) is 6.07 Å². The molecule has 0 aliphatic carbocycles. The fourth-order valence-electron chi connectivity index (χ4n) is 2.48. The lowest BCUT2D eigenvalue weighted by atomic mass is 10.0. The summed E-state index contributed by atoms with van der Waals surface area (Å²) in [5.74, 6) is 0. The second-order valence-corrected chi connectivity index (χ2v) is 7.12. The molecular weight excluding hydrogens is 286 g/mol. The van der Waals surface area contributed by atoms with Crippen molar-refractivity contribution in [1.82, 2.24) is 9.78 Å². The number of hydrogen-bond donors (Lipinski definition) is 1. The van der Waals surface area contributed by atoms with Gasteiger partial charge < -0.3 is 0 Å². The lowest BCUT2D eigenvalue weighted by molar-refractivity contribution is 0.599. The van der Waals surface area contributed by atoms with Crippen molar-refractivity contribution in [3.05, 3.63) is 40.2 Å². The van der Waals surface area contributed by atoms with Crippen LogP contribution in [0.1, 0.15) is 27.9 Å². The number of rotatable bonds is 3. The van der Waals surface area contributed by atoms with E-state index in [0.29, 0.717) is 16.3 Å². The van der Waals surface area contributed by atoms with Gasteiger partial charge in [0, 0.05) is 13.2 Å². The Morgan fingerprint density at radius 1 is 1.05 bits per heavy atom. The Morgan fingerprint density at radius 3 is 2.00 bits per heavy atom. The molecule has 5 nitrogen and oxygen atoms in total. The van der Waals surface area contributed by atoms with Crippen LogP contribution in [0.2, 0.25) is 0 Å². The maximum Gasteiger partial charge on any atom is 0.262 e. The van der Waals surface area contributed by atoms with Gasteiger partial charge in [0.1, 0.15) is 0 Å². The van der Waals surface area contributed by atoms with Crippen LogP contribution in [0.5, 0.6) is 0 Å². The van der Waals surface area contributed by atoms with E-state index < -0.39 is 10.0 Å². The van der Waals surface area contributed by atoms with Gasteiger partial charge in [-0.15, -0.1) is 0 Å². The summed E-state index contributed by atoms with van der Waals surface area (Å²) >= 11 is 0. The highest BCUT2D eigenvalue weighted by Crippen LogP contribution is 2.28. The van der Waals surface area contributed by atoms with E-state index in [1.807, 2.05) is 33.8 Å². The topological polar surface area (TPSA) is 64.0 Å². The fraction of sp³-hybridized carbons (Fsp3) is 0.400. The number of benzene rings is 1. The van der Waals surface area contributed by atoms with Crippen molar-refractivity contribution >= 4 is 15.7 Å². The van der Waals surface area contributed by atoms with Crippen LogP contribution in [0.15, 0.2) is 17.2 Å². The van der Waals surface area contributed by atoms with Crippen LogP contribution in [0.25, 0.3) is 0 Å². The standard InChI is InChI=1S/C15H21N3O2S/c1-9-7-10(2)12(4)15(11(9)3)21(19,20)17-14-8-18(6)16-13(14)5/h7-8,17H,1-6H3. The average Bonchev–Trinajstić information content (AvgIpc) is 2.64. The van der Waals surface area contributed by atoms with Crippen molar-refractivity contribution < 1.29 is 8.42 Å². The first-order valence-corrected chi connectivity index (χ1v) is 8.22. The molecule has 114 valence electrons. The number of hydrogen-bond acceptors (Lipinski definition) is 3. The van der Waals surface area contributed by atoms with Gasteiger partial charge in [0.15, 0.2) is 0 Å². The van der Waals surface area contributed by atoms with Crippen LogP contribution in [-0.2, 0) is 17.1 Å². The molecule has 2 aromatic rings. The maximum atomic E-state index is 12.8. The van der Waals surface area contributed by atoms with Gasteiger partial charge in [0.05, 0.1) is 16.3 Å². The van der Waals surface area contributed by atoms with Gasteiger partial charge in [-0.05, 0) is 56.9 Å². The number of aryl methyl sites for hydroxylation is 4. The highest BCUT2D eigenvalue weighted by Gasteiger charge is 2.23. The van der Waals surface area contributed by atoms with E-state index in [2.05, 4.69) is 9.82 Å². The quantitative estimate of drug-likeness (QED) is 0.948. The average molecular weight is 307 g/mol. The van der Waals surface area contributed by atoms with Crippen LogP contribution in [0.3, 0.4) is 0 Å². The summed E-state index contributed by atoms with van der Waals surface area (Å²) < 4.78 is 29.8. The second kappa shape index (κ2) is 5.18. The number of anilines is 1. The minimum Gasteiger partial charge on any atom is -0.276 e. The third kappa shape index (κ3) is 2.81. The summed E-state index contributed by atoms with van der Waals surface area (Å²) in [5, 5.41) is 4.16. The first-order valence-electron chi connectivity index (χ1n) is 6.74. The Morgan fingerprint density at radius 2 is 1.57 bits per heavy atom. The van der Waals surface area contributed by atoms with E-state index in [1.165, 1.54) is 0 Å². The summed E-state index contributed by atoms with van der Waals surface area (Å²) in [7, 11) is -1.87. The molecular formula is C15H21N3O2S. The van der Waals surface area contributed by atoms with Crippen LogP contribution in [-0.4, -0.2) is 18.2 Å². The van der Waals surface area contributed by atoms with Crippen molar-refractivity contribution in [2.45, 2.75) is 39.5 Å². The molecule has 0 amide bonds. The molecule has 1 aromatic carbocycles. The zero-order valence-corrected chi connectivity index (χ0v) is 14.1. The molecule has 0 saturated heterocycles.